The van der Waals surface area contributed by atoms with E-state index in [-0.39, 0.29) is 0 Å². The highest BCUT2D eigenvalue weighted by Crippen LogP contribution is 2.17. The van der Waals surface area contributed by atoms with E-state index in [4.69, 9.17) is 4.74 Å². The van der Waals surface area contributed by atoms with Gasteiger partial charge in [-0.1, -0.05) is 0 Å². The van der Waals surface area contributed by atoms with Gasteiger partial charge in [-0.25, -0.2) is 4.98 Å². The average molecular weight is 223 g/mol. The summed E-state index contributed by atoms with van der Waals surface area (Å²) in [5.41, 5.74) is 1.06. The number of hydrogen-bond donors (Lipinski definition) is 1. The second-order valence-corrected chi connectivity index (χ2v) is 4.38. The van der Waals surface area contributed by atoms with Gasteiger partial charge in [-0.3, -0.25) is 0 Å². The van der Waals surface area contributed by atoms with E-state index in [0.29, 0.717) is 6.10 Å². The Bertz CT molecular complexity index is 329. The van der Waals surface area contributed by atoms with Gasteiger partial charge in [0.1, 0.15) is 0 Å². The third kappa shape index (κ3) is 2.76. The zero-order valence-electron chi connectivity index (χ0n) is 10.2. The minimum absolute atomic E-state index is 0.361. The van der Waals surface area contributed by atoms with Crippen LogP contribution in [0.5, 0.6) is 0 Å². The van der Waals surface area contributed by atoms with Crippen LogP contribution in [0.15, 0.2) is 6.20 Å². The van der Waals surface area contributed by atoms with E-state index >= 15 is 0 Å². The summed E-state index contributed by atoms with van der Waals surface area (Å²) < 4.78 is 7.92. The number of ether oxygens (including phenoxy) is 1. The molecular formula is C12H21N3O. The predicted molar refractivity (Wildman–Crippen MR) is 64.7 cm³/mol. The number of anilines is 1. The van der Waals surface area contributed by atoms with E-state index in [2.05, 4.69) is 28.0 Å². The fraction of sp³-hybridized carbons (Fsp3) is 0.750. The van der Waals surface area contributed by atoms with Crippen LogP contribution in [0.4, 0.5) is 5.95 Å². The molecule has 1 aromatic rings. The molecule has 1 aromatic heterocycles. The Hall–Kier alpha value is -1.03. The molecular weight excluding hydrogens is 202 g/mol. The Labute approximate surface area is 97.0 Å². The summed E-state index contributed by atoms with van der Waals surface area (Å²) in [5.74, 6) is 0.967. The van der Waals surface area contributed by atoms with Crippen molar-refractivity contribution in [3.05, 3.63) is 11.9 Å². The number of hydrogen-bond acceptors (Lipinski definition) is 3. The van der Waals surface area contributed by atoms with Gasteiger partial charge in [0.2, 0.25) is 5.95 Å². The Morgan fingerprint density at radius 2 is 2.44 bits per heavy atom. The van der Waals surface area contributed by atoms with Gasteiger partial charge in [-0.05, 0) is 33.1 Å². The molecule has 0 amide bonds. The van der Waals surface area contributed by atoms with Gasteiger partial charge in [0.15, 0.2) is 0 Å². The smallest absolute Gasteiger partial charge is 0.203 e. The van der Waals surface area contributed by atoms with Crippen LogP contribution in [0.25, 0.3) is 0 Å². The lowest BCUT2D eigenvalue weighted by Gasteiger charge is -2.23. The van der Waals surface area contributed by atoms with Crippen molar-refractivity contribution in [1.29, 1.82) is 0 Å². The lowest BCUT2D eigenvalue weighted by Crippen LogP contribution is -2.25. The highest BCUT2D eigenvalue weighted by Gasteiger charge is 2.16. The Kier molecular flexibility index (Phi) is 3.83. The van der Waals surface area contributed by atoms with E-state index in [9.17, 15) is 0 Å². The molecule has 90 valence electrons. The van der Waals surface area contributed by atoms with Crippen molar-refractivity contribution < 1.29 is 4.74 Å². The number of imidazole rings is 1. The molecule has 4 nitrogen and oxygen atoms in total. The van der Waals surface area contributed by atoms with E-state index in [1.807, 2.05) is 6.92 Å². The Morgan fingerprint density at radius 3 is 3.12 bits per heavy atom. The second kappa shape index (κ2) is 5.34. The summed E-state index contributed by atoms with van der Waals surface area (Å²) in [7, 11) is 0. The van der Waals surface area contributed by atoms with E-state index < -0.39 is 0 Å². The van der Waals surface area contributed by atoms with E-state index in [1.165, 1.54) is 19.3 Å². The normalized spacial score (nSPS) is 21.0. The number of rotatable bonds is 4. The van der Waals surface area contributed by atoms with Crippen molar-refractivity contribution in [2.24, 2.45) is 0 Å². The van der Waals surface area contributed by atoms with Crippen LogP contribution in [0, 0.1) is 6.92 Å². The van der Waals surface area contributed by atoms with Gasteiger partial charge in [0.25, 0.3) is 0 Å². The molecule has 1 unspecified atom stereocenters. The molecule has 1 aliphatic rings. The number of aromatic nitrogens is 2. The third-order valence-electron chi connectivity index (χ3n) is 2.91. The molecule has 0 bridgehead atoms. The fourth-order valence-corrected chi connectivity index (χ4v) is 2.16. The average Bonchev–Trinajstić information content (AvgIpc) is 2.61. The van der Waals surface area contributed by atoms with Crippen LogP contribution in [-0.4, -0.2) is 28.8 Å². The molecule has 0 aliphatic carbocycles. The molecule has 2 rings (SSSR count). The topological polar surface area (TPSA) is 39.1 Å². The van der Waals surface area contributed by atoms with Crippen LogP contribution >= 0.6 is 0 Å². The molecule has 1 N–H and O–H groups in total. The third-order valence-corrected chi connectivity index (χ3v) is 2.91. The molecule has 1 saturated heterocycles. The standard InChI is InChI=1S/C12H21N3O/c1-3-13-12-14-10(2)8-15(12)9-11-6-4-5-7-16-11/h8,11H,3-7,9H2,1-2H3,(H,13,14). The minimum atomic E-state index is 0.361. The largest absolute Gasteiger partial charge is 0.376 e. The van der Waals surface area contributed by atoms with E-state index in [1.54, 1.807) is 0 Å². The SMILES string of the molecule is CCNc1nc(C)cn1CC1CCCCO1. The molecule has 0 radical (unpaired) electrons. The zero-order valence-corrected chi connectivity index (χ0v) is 10.2. The van der Waals surface area contributed by atoms with Crippen LogP contribution in [0.2, 0.25) is 0 Å². The first-order valence-corrected chi connectivity index (χ1v) is 6.19. The summed E-state index contributed by atoms with van der Waals surface area (Å²) in [6.45, 7) is 6.85. The van der Waals surface area contributed by atoms with Crippen LogP contribution in [0.1, 0.15) is 31.9 Å². The molecule has 2 heterocycles. The molecule has 16 heavy (non-hydrogen) atoms. The monoisotopic (exact) mass is 223 g/mol. The van der Waals surface area contributed by atoms with Gasteiger partial charge in [-0.15, -0.1) is 0 Å². The summed E-state index contributed by atoms with van der Waals surface area (Å²) in [6, 6.07) is 0. The summed E-state index contributed by atoms with van der Waals surface area (Å²) >= 11 is 0. The Morgan fingerprint density at radius 1 is 1.56 bits per heavy atom. The van der Waals surface area contributed by atoms with Crippen LogP contribution in [0.3, 0.4) is 0 Å². The number of nitrogens with one attached hydrogen (secondary N) is 1. The zero-order chi connectivity index (χ0) is 11.4. The van der Waals surface area contributed by atoms with Gasteiger partial charge in [0, 0.05) is 19.3 Å². The van der Waals surface area contributed by atoms with Crippen molar-refractivity contribution in [2.75, 3.05) is 18.5 Å². The fourth-order valence-electron chi connectivity index (χ4n) is 2.16. The molecule has 0 saturated carbocycles. The second-order valence-electron chi connectivity index (χ2n) is 4.38. The van der Waals surface area contributed by atoms with Crippen molar-refractivity contribution in [1.82, 2.24) is 9.55 Å². The highest BCUT2D eigenvalue weighted by atomic mass is 16.5. The number of nitrogens with zero attached hydrogens (tertiary/aromatic N) is 2. The van der Waals surface area contributed by atoms with Gasteiger partial charge in [-0.2, -0.15) is 0 Å². The lowest BCUT2D eigenvalue weighted by atomic mass is 10.1. The maximum Gasteiger partial charge on any atom is 0.203 e. The number of aryl methyl sites for hydroxylation is 1. The molecule has 1 atom stereocenters. The van der Waals surface area contributed by atoms with Crippen molar-refractivity contribution in [3.63, 3.8) is 0 Å². The minimum Gasteiger partial charge on any atom is -0.376 e. The highest BCUT2D eigenvalue weighted by molar-refractivity contribution is 5.28. The Balaban J connectivity index is 2.01. The van der Waals surface area contributed by atoms with Crippen LogP contribution < -0.4 is 5.32 Å². The molecule has 0 spiro atoms. The lowest BCUT2D eigenvalue weighted by molar-refractivity contribution is 0.00629. The first-order valence-electron chi connectivity index (χ1n) is 6.19. The molecule has 1 fully saturated rings. The maximum absolute atomic E-state index is 5.75. The first kappa shape index (κ1) is 11.5. The summed E-state index contributed by atoms with van der Waals surface area (Å²) in [5, 5.41) is 3.28. The molecule has 4 heteroatoms. The molecule has 0 aromatic carbocycles. The summed E-state index contributed by atoms with van der Waals surface area (Å²) in [4.78, 5) is 4.46. The van der Waals surface area contributed by atoms with Crippen molar-refractivity contribution in [2.45, 2.75) is 45.8 Å². The van der Waals surface area contributed by atoms with Gasteiger partial charge >= 0.3 is 0 Å². The summed E-state index contributed by atoms with van der Waals surface area (Å²) in [6.07, 6.45) is 6.12. The molecule has 1 aliphatic heterocycles. The van der Waals surface area contributed by atoms with Gasteiger partial charge in [0.05, 0.1) is 18.3 Å². The first-order chi connectivity index (χ1) is 7.79. The maximum atomic E-state index is 5.75. The van der Waals surface area contributed by atoms with E-state index in [0.717, 1.165) is 31.3 Å². The quantitative estimate of drug-likeness (QED) is 0.850. The predicted octanol–water partition coefficient (Wildman–Crippen LogP) is 2.19. The van der Waals surface area contributed by atoms with Crippen LogP contribution in [-0.2, 0) is 11.3 Å². The van der Waals surface area contributed by atoms with Crippen molar-refractivity contribution in [3.8, 4) is 0 Å². The van der Waals surface area contributed by atoms with Crippen molar-refractivity contribution >= 4 is 5.95 Å². The van der Waals surface area contributed by atoms with Gasteiger partial charge < -0.3 is 14.6 Å².